The minimum Gasteiger partial charge on any atom is -0.396 e. The first-order valence-corrected chi connectivity index (χ1v) is 2.66. The lowest BCUT2D eigenvalue weighted by atomic mass is 10.3. The summed E-state index contributed by atoms with van der Waals surface area (Å²) in [5.74, 6) is -0.167. The van der Waals surface area contributed by atoms with E-state index in [1.807, 2.05) is 0 Å². The molecular formula is C6H9FO. The van der Waals surface area contributed by atoms with Crippen LogP contribution in [0.3, 0.4) is 0 Å². The standard InChI is InChI=1S/C6H9FO/c1-2-6(7)3-5(6)4-8/h2,5,8H,1,3-4H2/t5-,6-/m0/s1. The third-order valence-electron chi connectivity index (χ3n) is 1.64. The van der Waals surface area contributed by atoms with E-state index in [0.717, 1.165) is 0 Å². The molecule has 0 bridgehead atoms. The maximum Gasteiger partial charge on any atom is 0.134 e. The van der Waals surface area contributed by atoms with Crippen LogP contribution in [0.15, 0.2) is 12.7 Å². The van der Waals surface area contributed by atoms with Gasteiger partial charge in [0.1, 0.15) is 5.67 Å². The Balaban J connectivity index is 2.42. The molecule has 0 radical (unpaired) electrons. The zero-order valence-corrected chi connectivity index (χ0v) is 4.60. The van der Waals surface area contributed by atoms with Gasteiger partial charge in [0.25, 0.3) is 0 Å². The second-order valence-corrected chi connectivity index (χ2v) is 2.21. The zero-order chi connectivity index (χ0) is 6.20. The van der Waals surface area contributed by atoms with E-state index in [2.05, 4.69) is 6.58 Å². The van der Waals surface area contributed by atoms with Gasteiger partial charge in [-0.15, -0.1) is 0 Å². The van der Waals surface area contributed by atoms with Crippen LogP contribution in [0.4, 0.5) is 4.39 Å². The quantitative estimate of drug-likeness (QED) is 0.531. The Morgan fingerprint density at radius 1 is 2.00 bits per heavy atom. The fourth-order valence-electron chi connectivity index (χ4n) is 0.785. The van der Waals surface area contributed by atoms with Crippen LogP contribution in [0.5, 0.6) is 0 Å². The van der Waals surface area contributed by atoms with Crippen LogP contribution in [0.25, 0.3) is 0 Å². The lowest BCUT2D eigenvalue weighted by Crippen LogP contribution is -2.00. The second kappa shape index (κ2) is 1.55. The van der Waals surface area contributed by atoms with E-state index in [9.17, 15) is 4.39 Å². The fraction of sp³-hybridized carbons (Fsp3) is 0.667. The maximum absolute atomic E-state index is 12.6. The Morgan fingerprint density at radius 3 is 2.75 bits per heavy atom. The van der Waals surface area contributed by atoms with E-state index in [0.29, 0.717) is 6.42 Å². The molecular weight excluding hydrogens is 107 g/mol. The van der Waals surface area contributed by atoms with Gasteiger partial charge in [-0.05, 0) is 6.42 Å². The minimum absolute atomic E-state index is 0.0531. The van der Waals surface area contributed by atoms with Crippen molar-refractivity contribution < 1.29 is 9.50 Å². The maximum atomic E-state index is 12.6. The first kappa shape index (κ1) is 5.76. The molecule has 1 N–H and O–H groups in total. The van der Waals surface area contributed by atoms with Gasteiger partial charge in [0.05, 0.1) is 0 Å². The molecule has 1 rings (SSSR count). The number of rotatable bonds is 2. The fourth-order valence-corrected chi connectivity index (χ4v) is 0.785. The van der Waals surface area contributed by atoms with Crippen LogP contribution in [0, 0.1) is 5.92 Å². The molecule has 0 spiro atoms. The van der Waals surface area contributed by atoms with Gasteiger partial charge in [0.15, 0.2) is 0 Å². The highest BCUT2D eigenvalue weighted by Crippen LogP contribution is 2.47. The average Bonchev–Trinajstić information content (AvgIpc) is 2.44. The van der Waals surface area contributed by atoms with Crippen LogP contribution >= 0.6 is 0 Å². The largest absolute Gasteiger partial charge is 0.396 e. The minimum atomic E-state index is -1.23. The van der Waals surface area contributed by atoms with Crippen molar-refractivity contribution in [2.24, 2.45) is 5.92 Å². The molecule has 1 aliphatic carbocycles. The highest BCUT2D eigenvalue weighted by molar-refractivity contribution is 5.14. The number of alkyl halides is 1. The van der Waals surface area contributed by atoms with Crippen LogP contribution in [-0.4, -0.2) is 17.4 Å². The summed E-state index contributed by atoms with van der Waals surface area (Å²) >= 11 is 0. The molecule has 1 fully saturated rings. The number of allylic oxidation sites excluding steroid dienone is 1. The summed E-state index contributed by atoms with van der Waals surface area (Å²) in [5, 5.41) is 8.38. The Morgan fingerprint density at radius 2 is 2.62 bits per heavy atom. The van der Waals surface area contributed by atoms with Crippen molar-refractivity contribution in [3.8, 4) is 0 Å². The van der Waals surface area contributed by atoms with Crippen LogP contribution in [0.2, 0.25) is 0 Å². The van der Waals surface area contributed by atoms with Crippen LogP contribution in [-0.2, 0) is 0 Å². The van der Waals surface area contributed by atoms with Gasteiger partial charge in [0, 0.05) is 12.5 Å². The topological polar surface area (TPSA) is 20.2 Å². The van der Waals surface area contributed by atoms with E-state index in [1.54, 1.807) is 0 Å². The van der Waals surface area contributed by atoms with Crippen molar-refractivity contribution >= 4 is 0 Å². The lowest BCUT2D eigenvalue weighted by Gasteiger charge is -1.93. The van der Waals surface area contributed by atoms with Crippen molar-refractivity contribution in [3.05, 3.63) is 12.7 Å². The molecule has 2 atom stereocenters. The third-order valence-corrected chi connectivity index (χ3v) is 1.64. The lowest BCUT2D eigenvalue weighted by molar-refractivity contribution is 0.237. The highest BCUT2D eigenvalue weighted by Gasteiger charge is 2.52. The molecule has 0 aromatic rings. The summed E-state index contributed by atoms with van der Waals surface area (Å²) in [6.45, 7) is 3.25. The van der Waals surface area contributed by atoms with Crippen LogP contribution in [0.1, 0.15) is 6.42 Å². The van der Waals surface area contributed by atoms with E-state index in [1.165, 1.54) is 6.08 Å². The number of hydrogen-bond donors (Lipinski definition) is 1. The SMILES string of the molecule is C=C[C@]1(F)C[C@H]1CO. The van der Waals surface area contributed by atoms with Gasteiger partial charge in [-0.25, -0.2) is 4.39 Å². The highest BCUT2D eigenvalue weighted by atomic mass is 19.1. The molecule has 0 heterocycles. The van der Waals surface area contributed by atoms with Crippen molar-refractivity contribution in [1.82, 2.24) is 0 Å². The normalized spacial score (nSPS) is 44.0. The van der Waals surface area contributed by atoms with Crippen molar-refractivity contribution in [1.29, 1.82) is 0 Å². The molecule has 0 aromatic carbocycles. The zero-order valence-electron chi connectivity index (χ0n) is 4.60. The number of halogens is 1. The number of aliphatic hydroxyl groups is 1. The average molecular weight is 116 g/mol. The predicted molar refractivity (Wildman–Crippen MR) is 29.2 cm³/mol. The molecule has 8 heavy (non-hydrogen) atoms. The molecule has 0 aliphatic heterocycles. The summed E-state index contributed by atoms with van der Waals surface area (Å²) in [6, 6.07) is 0. The summed E-state index contributed by atoms with van der Waals surface area (Å²) in [7, 11) is 0. The van der Waals surface area contributed by atoms with E-state index < -0.39 is 5.67 Å². The smallest absolute Gasteiger partial charge is 0.134 e. The monoisotopic (exact) mass is 116 g/mol. The summed E-state index contributed by atoms with van der Waals surface area (Å²) in [6.07, 6.45) is 1.72. The summed E-state index contributed by atoms with van der Waals surface area (Å²) in [5.41, 5.74) is -1.23. The molecule has 1 nitrogen and oxygen atoms in total. The van der Waals surface area contributed by atoms with Gasteiger partial charge in [-0.1, -0.05) is 12.7 Å². The summed E-state index contributed by atoms with van der Waals surface area (Å²) < 4.78 is 12.6. The summed E-state index contributed by atoms with van der Waals surface area (Å²) in [4.78, 5) is 0. The molecule has 0 saturated heterocycles. The van der Waals surface area contributed by atoms with Gasteiger partial charge in [-0.3, -0.25) is 0 Å². The molecule has 0 unspecified atom stereocenters. The number of aliphatic hydroxyl groups excluding tert-OH is 1. The molecule has 2 heteroatoms. The van der Waals surface area contributed by atoms with Gasteiger partial charge >= 0.3 is 0 Å². The van der Waals surface area contributed by atoms with Crippen molar-refractivity contribution in [2.75, 3.05) is 6.61 Å². The van der Waals surface area contributed by atoms with Crippen LogP contribution < -0.4 is 0 Å². The van der Waals surface area contributed by atoms with Gasteiger partial charge < -0.3 is 5.11 Å². The van der Waals surface area contributed by atoms with Crippen molar-refractivity contribution in [2.45, 2.75) is 12.1 Å². The van der Waals surface area contributed by atoms with Gasteiger partial charge in [0.2, 0.25) is 0 Å². The molecule has 46 valence electrons. The van der Waals surface area contributed by atoms with Crippen molar-refractivity contribution in [3.63, 3.8) is 0 Å². The number of hydrogen-bond acceptors (Lipinski definition) is 1. The molecule has 0 aromatic heterocycles. The Bertz CT molecular complexity index is 113. The molecule has 0 amide bonds. The second-order valence-electron chi connectivity index (χ2n) is 2.21. The van der Waals surface area contributed by atoms with E-state index in [4.69, 9.17) is 5.11 Å². The first-order chi connectivity index (χ1) is 3.73. The van der Waals surface area contributed by atoms with Gasteiger partial charge in [-0.2, -0.15) is 0 Å². The Labute approximate surface area is 47.8 Å². The predicted octanol–water partition coefficient (Wildman–Crippen LogP) is 0.893. The third kappa shape index (κ3) is 0.650. The molecule has 1 saturated carbocycles. The Hall–Kier alpha value is -0.370. The first-order valence-electron chi connectivity index (χ1n) is 2.66. The van der Waals surface area contributed by atoms with E-state index in [-0.39, 0.29) is 12.5 Å². The Kier molecular flexibility index (Phi) is 1.12. The van der Waals surface area contributed by atoms with E-state index >= 15 is 0 Å². The molecule has 1 aliphatic rings.